The Balaban J connectivity index is 2.60. The number of nitrogens with one attached hydrogen (secondary N) is 1. The second kappa shape index (κ2) is 8.65. The van der Waals surface area contributed by atoms with Gasteiger partial charge in [-0.25, -0.2) is 0 Å². The van der Waals surface area contributed by atoms with E-state index in [-0.39, 0.29) is 0 Å². The second-order valence-electron chi connectivity index (χ2n) is 4.67. The van der Waals surface area contributed by atoms with Gasteiger partial charge in [-0.3, -0.25) is 4.98 Å². The topological polar surface area (TPSA) is 24.9 Å². The molecule has 1 heterocycles. The third-order valence-electron chi connectivity index (χ3n) is 3.26. The molecule has 1 unspecified atom stereocenters. The SMILES string of the molecule is CCCC(CCC)C(Cc1cncs1)NCC. The molecule has 98 valence electrons. The maximum absolute atomic E-state index is 4.18. The van der Waals surface area contributed by atoms with Crippen molar-refractivity contribution in [1.82, 2.24) is 10.3 Å². The van der Waals surface area contributed by atoms with E-state index in [4.69, 9.17) is 0 Å². The first kappa shape index (κ1) is 14.7. The summed E-state index contributed by atoms with van der Waals surface area (Å²) in [5, 5.41) is 3.67. The average molecular weight is 254 g/mol. The van der Waals surface area contributed by atoms with Crippen LogP contribution in [-0.2, 0) is 6.42 Å². The van der Waals surface area contributed by atoms with Crippen LogP contribution < -0.4 is 5.32 Å². The Hall–Kier alpha value is -0.410. The van der Waals surface area contributed by atoms with Crippen molar-refractivity contribution in [2.45, 2.75) is 58.9 Å². The highest BCUT2D eigenvalue weighted by Crippen LogP contribution is 2.22. The first-order chi connectivity index (χ1) is 8.31. The van der Waals surface area contributed by atoms with Gasteiger partial charge in [0, 0.05) is 17.1 Å². The highest BCUT2D eigenvalue weighted by atomic mass is 32.1. The molecular weight excluding hydrogens is 228 g/mol. The van der Waals surface area contributed by atoms with Gasteiger partial charge in [0.2, 0.25) is 0 Å². The van der Waals surface area contributed by atoms with Crippen LogP contribution >= 0.6 is 11.3 Å². The van der Waals surface area contributed by atoms with Crippen molar-refractivity contribution < 1.29 is 0 Å². The van der Waals surface area contributed by atoms with E-state index in [1.54, 1.807) is 11.3 Å². The Kier molecular flexibility index (Phi) is 7.45. The summed E-state index contributed by atoms with van der Waals surface area (Å²) in [7, 11) is 0. The highest BCUT2D eigenvalue weighted by molar-refractivity contribution is 7.09. The van der Waals surface area contributed by atoms with Gasteiger partial charge >= 0.3 is 0 Å². The zero-order chi connectivity index (χ0) is 12.5. The third kappa shape index (κ3) is 5.17. The van der Waals surface area contributed by atoms with Gasteiger partial charge in [0.05, 0.1) is 5.51 Å². The molecule has 1 atom stereocenters. The standard InChI is InChI=1S/C14H26N2S/c1-4-7-12(8-5-2)14(16-6-3)9-13-10-15-11-17-13/h10-12,14,16H,4-9H2,1-3H3. The number of likely N-dealkylation sites (N-methyl/N-ethyl adjacent to an activating group) is 1. The normalized spacial score (nSPS) is 13.2. The van der Waals surface area contributed by atoms with Crippen molar-refractivity contribution in [3.8, 4) is 0 Å². The van der Waals surface area contributed by atoms with Crippen molar-refractivity contribution in [1.29, 1.82) is 0 Å². The van der Waals surface area contributed by atoms with Crippen LogP contribution in [0.25, 0.3) is 0 Å². The summed E-state index contributed by atoms with van der Waals surface area (Å²) in [5.41, 5.74) is 1.94. The minimum absolute atomic E-state index is 0.625. The van der Waals surface area contributed by atoms with Crippen LogP contribution in [-0.4, -0.2) is 17.6 Å². The van der Waals surface area contributed by atoms with Gasteiger partial charge in [0.15, 0.2) is 0 Å². The maximum Gasteiger partial charge on any atom is 0.0794 e. The van der Waals surface area contributed by atoms with Crippen LogP contribution in [0.15, 0.2) is 11.7 Å². The van der Waals surface area contributed by atoms with Gasteiger partial charge in [0.25, 0.3) is 0 Å². The number of nitrogens with zero attached hydrogens (tertiary/aromatic N) is 1. The maximum atomic E-state index is 4.18. The van der Waals surface area contributed by atoms with E-state index >= 15 is 0 Å². The molecule has 17 heavy (non-hydrogen) atoms. The molecule has 0 aromatic carbocycles. The zero-order valence-electron chi connectivity index (χ0n) is 11.4. The number of rotatable bonds is 9. The highest BCUT2D eigenvalue weighted by Gasteiger charge is 2.20. The molecule has 2 nitrogen and oxygen atoms in total. The van der Waals surface area contributed by atoms with Crippen molar-refractivity contribution >= 4 is 11.3 Å². The van der Waals surface area contributed by atoms with Crippen LogP contribution in [0.2, 0.25) is 0 Å². The Morgan fingerprint density at radius 1 is 1.24 bits per heavy atom. The minimum atomic E-state index is 0.625. The fourth-order valence-corrected chi connectivity index (χ4v) is 3.17. The van der Waals surface area contributed by atoms with Crippen LogP contribution in [0.4, 0.5) is 0 Å². The van der Waals surface area contributed by atoms with E-state index in [0.29, 0.717) is 6.04 Å². The lowest BCUT2D eigenvalue weighted by Crippen LogP contribution is -2.37. The summed E-state index contributed by atoms with van der Waals surface area (Å²) in [6.45, 7) is 7.85. The Labute approximate surface area is 110 Å². The molecule has 0 fully saturated rings. The zero-order valence-corrected chi connectivity index (χ0v) is 12.2. The largest absolute Gasteiger partial charge is 0.314 e. The van der Waals surface area contributed by atoms with Crippen LogP contribution in [0.1, 0.15) is 51.3 Å². The minimum Gasteiger partial charge on any atom is -0.314 e. The van der Waals surface area contributed by atoms with Gasteiger partial charge in [-0.1, -0.05) is 33.6 Å². The van der Waals surface area contributed by atoms with Gasteiger partial charge in [-0.2, -0.15) is 0 Å². The van der Waals surface area contributed by atoms with Crippen molar-refractivity contribution in [3.63, 3.8) is 0 Å². The molecule has 0 saturated carbocycles. The molecule has 0 aliphatic carbocycles. The Morgan fingerprint density at radius 2 is 1.94 bits per heavy atom. The van der Waals surface area contributed by atoms with E-state index in [9.17, 15) is 0 Å². The average Bonchev–Trinajstić information content (AvgIpc) is 2.81. The monoisotopic (exact) mass is 254 g/mol. The Morgan fingerprint density at radius 3 is 2.41 bits per heavy atom. The van der Waals surface area contributed by atoms with Gasteiger partial charge in [-0.05, 0) is 31.7 Å². The van der Waals surface area contributed by atoms with Crippen LogP contribution in [0.5, 0.6) is 0 Å². The molecule has 0 saturated heterocycles. The van der Waals surface area contributed by atoms with Crippen LogP contribution in [0, 0.1) is 5.92 Å². The van der Waals surface area contributed by atoms with E-state index in [0.717, 1.165) is 18.9 Å². The molecule has 0 amide bonds. The summed E-state index contributed by atoms with van der Waals surface area (Å²) >= 11 is 1.78. The molecule has 1 aromatic heterocycles. The number of aromatic nitrogens is 1. The molecule has 0 bridgehead atoms. The van der Waals surface area contributed by atoms with E-state index in [1.165, 1.54) is 30.6 Å². The summed E-state index contributed by atoms with van der Waals surface area (Å²) in [5.74, 6) is 0.812. The van der Waals surface area contributed by atoms with E-state index in [1.807, 2.05) is 11.7 Å². The molecular formula is C14H26N2S. The Bertz CT molecular complexity index is 266. The summed E-state index contributed by atoms with van der Waals surface area (Å²) < 4.78 is 0. The summed E-state index contributed by atoms with van der Waals surface area (Å²) in [4.78, 5) is 5.59. The lowest BCUT2D eigenvalue weighted by Gasteiger charge is -2.27. The predicted molar refractivity (Wildman–Crippen MR) is 76.6 cm³/mol. The van der Waals surface area contributed by atoms with Crippen LogP contribution in [0.3, 0.4) is 0 Å². The predicted octanol–water partition coefficient (Wildman–Crippen LogP) is 3.88. The lowest BCUT2D eigenvalue weighted by atomic mass is 9.88. The third-order valence-corrected chi connectivity index (χ3v) is 4.06. The van der Waals surface area contributed by atoms with Crippen molar-refractivity contribution in [3.05, 3.63) is 16.6 Å². The lowest BCUT2D eigenvalue weighted by molar-refractivity contribution is 0.313. The van der Waals surface area contributed by atoms with E-state index in [2.05, 4.69) is 31.1 Å². The second-order valence-corrected chi connectivity index (χ2v) is 5.64. The first-order valence-corrected chi connectivity index (χ1v) is 7.80. The molecule has 1 N–H and O–H groups in total. The summed E-state index contributed by atoms with van der Waals surface area (Å²) in [6, 6.07) is 0.625. The van der Waals surface area contributed by atoms with Crippen molar-refractivity contribution in [2.24, 2.45) is 5.92 Å². The molecule has 0 aliphatic heterocycles. The number of thiazole rings is 1. The van der Waals surface area contributed by atoms with Crippen molar-refractivity contribution in [2.75, 3.05) is 6.54 Å². The molecule has 3 heteroatoms. The molecule has 0 radical (unpaired) electrons. The fourth-order valence-electron chi connectivity index (χ4n) is 2.52. The number of hydrogen-bond donors (Lipinski definition) is 1. The van der Waals surface area contributed by atoms with Gasteiger partial charge in [-0.15, -0.1) is 11.3 Å². The fraction of sp³-hybridized carbons (Fsp3) is 0.786. The summed E-state index contributed by atoms with van der Waals surface area (Å²) in [6.07, 6.45) is 8.41. The molecule has 1 rings (SSSR count). The quantitative estimate of drug-likeness (QED) is 0.723. The van der Waals surface area contributed by atoms with Gasteiger partial charge in [0.1, 0.15) is 0 Å². The van der Waals surface area contributed by atoms with Gasteiger partial charge < -0.3 is 5.32 Å². The van der Waals surface area contributed by atoms with E-state index < -0.39 is 0 Å². The molecule has 0 aliphatic rings. The molecule has 0 spiro atoms. The smallest absolute Gasteiger partial charge is 0.0794 e. The number of hydrogen-bond acceptors (Lipinski definition) is 3. The first-order valence-electron chi connectivity index (χ1n) is 6.92. The molecule has 1 aromatic rings.